The molecule has 1 heterocycles. The van der Waals surface area contributed by atoms with E-state index in [0.717, 1.165) is 11.0 Å². The van der Waals surface area contributed by atoms with Gasteiger partial charge in [0.1, 0.15) is 0 Å². The summed E-state index contributed by atoms with van der Waals surface area (Å²) in [5.41, 5.74) is 2.05. The molecular formula is C10H6ClN3. The highest BCUT2D eigenvalue weighted by Crippen LogP contribution is 2.16. The van der Waals surface area contributed by atoms with Gasteiger partial charge >= 0.3 is 0 Å². The monoisotopic (exact) mass is 203 g/mol. The van der Waals surface area contributed by atoms with E-state index >= 15 is 0 Å². The third-order valence-electron chi connectivity index (χ3n) is 1.84. The molecule has 0 atom stereocenters. The molecule has 0 radical (unpaired) electrons. The quantitative estimate of drug-likeness (QED) is 0.715. The molecular weight excluding hydrogens is 198 g/mol. The molecule has 3 nitrogen and oxygen atoms in total. The largest absolute Gasteiger partial charge is 0.247 e. The lowest BCUT2D eigenvalue weighted by Crippen LogP contribution is -1.93. The van der Waals surface area contributed by atoms with Crippen LogP contribution in [-0.2, 0) is 6.42 Å². The van der Waals surface area contributed by atoms with E-state index in [1.165, 1.54) is 0 Å². The van der Waals surface area contributed by atoms with Crippen molar-refractivity contribution >= 4 is 22.6 Å². The second kappa shape index (κ2) is 3.60. The normalized spacial score (nSPS) is 10.0. The molecule has 0 aliphatic rings. The van der Waals surface area contributed by atoms with Gasteiger partial charge in [0.2, 0.25) is 0 Å². The lowest BCUT2D eigenvalue weighted by molar-refractivity contribution is 1.11. The van der Waals surface area contributed by atoms with Crippen LogP contribution in [0.5, 0.6) is 0 Å². The van der Waals surface area contributed by atoms with Crippen LogP contribution in [0.4, 0.5) is 0 Å². The second-order valence-corrected chi connectivity index (χ2v) is 3.14. The maximum Gasteiger partial charge on any atom is 0.152 e. The molecule has 68 valence electrons. The molecule has 1 aromatic heterocycles. The SMILES string of the molecule is N#CCc1nc2ccccc2nc1Cl. The molecule has 2 rings (SSSR count). The number of para-hydroxylation sites is 2. The van der Waals surface area contributed by atoms with Crippen molar-refractivity contribution in [1.82, 2.24) is 9.97 Å². The van der Waals surface area contributed by atoms with Crippen LogP contribution in [0.3, 0.4) is 0 Å². The van der Waals surface area contributed by atoms with Gasteiger partial charge in [0.05, 0.1) is 29.2 Å². The number of nitriles is 1. The molecule has 0 aliphatic carbocycles. The van der Waals surface area contributed by atoms with Crippen LogP contribution in [0.2, 0.25) is 5.15 Å². The van der Waals surface area contributed by atoms with Gasteiger partial charge < -0.3 is 0 Å². The highest BCUT2D eigenvalue weighted by Gasteiger charge is 2.05. The molecule has 0 saturated heterocycles. The standard InChI is InChI=1S/C10H6ClN3/c11-10-9(5-6-12)13-7-3-1-2-4-8(7)14-10/h1-4H,5H2. The summed E-state index contributed by atoms with van der Waals surface area (Å²) < 4.78 is 0. The van der Waals surface area contributed by atoms with Gasteiger partial charge in [0, 0.05) is 0 Å². The zero-order valence-electron chi connectivity index (χ0n) is 7.24. The molecule has 2 aromatic rings. The number of hydrogen-bond donors (Lipinski definition) is 0. The summed E-state index contributed by atoms with van der Waals surface area (Å²) in [7, 11) is 0. The van der Waals surface area contributed by atoms with Gasteiger partial charge in [0.25, 0.3) is 0 Å². The first kappa shape index (κ1) is 8.92. The van der Waals surface area contributed by atoms with Crippen LogP contribution in [0.25, 0.3) is 11.0 Å². The third kappa shape index (κ3) is 1.52. The predicted molar refractivity (Wildman–Crippen MR) is 53.9 cm³/mol. The highest BCUT2D eigenvalue weighted by molar-refractivity contribution is 6.30. The molecule has 0 aliphatic heterocycles. The van der Waals surface area contributed by atoms with E-state index in [1.54, 1.807) is 0 Å². The van der Waals surface area contributed by atoms with Crippen molar-refractivity contribution < 1.29 is 0 Å². The first-order chi connectivity index (χ1) is 6.81. The fourth-order valence-electron chi connectivity index (χ4n) is 1.20. The number of benzene rings is 1. The van der Waals surface area contributed by atoms with Gasteiger partial charge in [0.15, 0.2) is 5.15 Å². The number of nitrogens with zero attached hydrogens (tertiary/aromatic N) is 3. The Kier molecular flexibility index (Phi) is 2.30. The smallest absolute Gasteiger partial charge is 0.152 e. The molecule has 0 saturated carbocycles. The van der Waals surface area contributed by atoms with E-state index in [1.807, 2.05) is 30.3 Å². The first-order valence-electron chi connectivity index (χ1n) is 4.09. The van der Waals surface area contributed by atoms with Crippen LogP contribution in [0.15, 0.2) is 24.3 Å². The number of hydrogen-bond acceptors (Lipinski definition) is 3. The van der Waals surface area contributed by atoms with Crippen LogP contribution >= 0.6 is 11.6 Å². The predicted octanol–water partition coefficient (Wildman–Crippen LogP) is 2.35. The van der Waals surface area contributed by atoms with E-state index in [-0.39, 0.29) is 6.42 Å². The minimum absolute atomic E-state index is 0.191. The highest BCUT2D eigenvalue weighted by atomic mass is 35.5. The Morgan fingerprint density at radius 1 is 1.21 bits per heavy atom. The minimum atomic E-state index is 0.191. The first-order valence-corrected chi connectivity index (χ1v) is 4.47. The molecule has 1 aromatic carbocycles. The number of halogens is 1. The lowest BCUT2D eigenvalue weighted by atomic mass is 10.3. The Hall–Kier alpha value is -1.66. The number of aromatic nitrogens is 2. The number of rotatable bonds is 1. The third-order valence-corrected chi connectivity index (χ3v) is 2.14. The fourth-order valence-corrected chi connectivity index (χ4v) is 1.40. The molecule has 0 N–H and O–H groups in total. The van der Waals surface area contributed by atoms with Gasteiger partial charge in [-0.15, -0.1) is 0 Å². The summed E-state index contributed by atoms with van der Waals surface area (Å²) in [6, 6.07) is 9.44. The Labute approximate surface area is 86.0 Å². The van der Waals surface area contributed by atoms with Crippen molar-refractivity contribution in [1.29, 1.82) is 5.26 Å². The van der Waals surface area contributed by atoms with E-state index in [0.29, 0.717) is 10.8 Å². The van der Waals surface area contributed by atoms with Crippen molar-refractivity contribution in [2.45, 2.75) is 6.42 Å². The van der Waals surface area contributed by atoms with Crippen molar-refractivity contribution in [3.05, 3.63) is 35.1 Å². The van der Waals surface area contributed by atoms with Crippen molar-refractivity contribution in [2.75, 3.05) is 0 Å². The zero-order chi connectivity index (χ0) is 9.97. The molecule has 0 spiro atoms. The average Bonchev–Trinajstić information content (AvgIpc) is 2.19. The second-order valence-electron chi connectivity index (χ2n) is 2.78. The summed E-state index contributed by atoms with van der Waals surface area (Å²) in [4.78, 5) is 8.39. The van der Waals surface area contributed by atoms with Gasteiger partial charge in [-0.1, -0.05) is 23.7 Å². The zero-order valence-corrected chi connectivity index (χ0v) is 7.99. The summed E-state index contributed by atoms with van der Waals surface area (Å²) in [6.45, 7) is 0. The molecule has 0 bridgehead atoms. The Morgan fingerprint density at radius 2 is 1.86 bits per heavy atom. The van der Waals surface area contributed by atoms with E-state index in [9.17, 15) is 0 Å². The van der Waals surface area contributed by atoms with E-state index in [2.05, 4.69) is 9.97 Å². The average molecular weight is 204 g/mol. The summed E-state index contributed by atoms with van der Waals surface area (Å²) in [6.07, 6.45) is 0.191. The molecule has 4 heteroatoms. The van der Waals surface area contributed by atoms with Gasteiger partial charge in [-0.25, -0.2) is 9.97 Å². The van der Waals surface area contributed by atoms with Crippen LogP contribution < -0.4 is 0 Å². The van der Waals surface area contributed by atoms with Crippen molar-refractivity contribution in [3.8, 4) is 6.07 Å². The Balaban J connectivity index is 2.66. The Morgan fingerprint density at radius 3 is 2.50 bits per heavy atom. The maximum atomic E-state index is 8.54. The van der Waals surface area contributed by atoms with Crippen molar-refractivity contribution in [3.63, 3.8) is 0 Å². The number of fused-ring (bicyclic) bond motifs is 1. The topological polar surface area (TPSA) is 49.6 Å². The summed E-state index contributed by atoms with van der Waals surface area (Å²) >= 11 is 5.86. The fraction of sp³-hybridized carbons (Fsp3) is 0.100. The van der Waals surface area contributed by atoms with E-state index in [4.69, 9.17) is 16.9 Å². The van der Waals surface area contributed by atoms with Gasteiger partial charge in [-0.2, -0.15) is 5.26 Å². The maximum absolute atomic E-state index is 8.54. The van der Waals surface area contributed by atoms with Gasteiger partial charge in [-0.3, -0.25) is 0 Å². The van der Waals surface area contributed by atoms with Crippen molar-refractivity contribution in [2.24, 2.45) is 0 Å². The van der Waals surface area contributed by atoms with Crippen LogP contribution in [-0.4, -0.2) is 9.97 Å². The molecule has 0 unspecified atom stereocenters. The van der Waals surface area contributed by atoms with E-state index < -0.39 is 0 Å². The molecule has 14 heavy (non-hydrogen) atoms. The Bertz CT molecular complexity index is 516. The van der Waals surface area contributed by atoms with Crippen LogP contribution in [0.1, 0.15) is 5.69 Å². The molecule has 0 amide bonds. The minimum Gasteiger partial charge on any atom is -0.247 e. The molecule has 0 fully saturated rings. The summed E-state index contributed by atoms with van der Waals surface area (Å²) in [5.74, 6) is 0. The lowest BCUT2D eigenvalue weighted by Gasteiger charge is -2.00. The summed E-state index contributed by atoms with van der Waals surface area (Å²) in [5, 5.41) is 8.85. The van der Waals surface area contributed by atoms with Crippen LogP contribution in [0, 0.1) is 11.3 Å². The van der Waals surface area contributed by atoms with Gasteiger partial charge in [-0.05, 0) is 12.1 Å².